The molecule has 40 heavy (non-hydrogen) atoms. The van der Waals surface area contributed by atoms with Gasteiger partial charge in [-0.15, -0.1) is 0 Å². The zero-order valence-electron chi connectivity index (χ0n) is 24.2. The van der Waals surface area contributed by atoms with E-state index in [2.05, 4.69) is 63.6 Å². The third-order valence-corrected chi connectivity index (χ3v) is 6.08. The van der Waals surface area contributed by atoms with E-state index in [9.17, 15) is 14.0 Å². The average Bonchev–Trinajstić information content (AvgIpc) is 3.29. The number of piperazine rings is 1. The number of halogens is 2. The largest absolute Gasteiger partial charge is 0.394 e. The zero-order chi connectivity index (χ0) is 30.3. The van der Waals surface area contributed by atoms with Gasteiger partial charge in [-0.3, -0.25) is 14.5 Å². The summed E-state index contributed by atoms with van der Waals surface area (Å²) in [7, 11) is 2.05. The van der Waals surface area contributed by atoms with Gasteiger partial charge < -0.3 is 16.0 Å². The predicted octanol–water partition coefficient (Wildman–Crippen LogP) is 5.08. The first-order valence-electron chi connectivity index (χ1n) is 12.8. The molecule has 2 aromatic heterocycles. The Bertz CT molecular complexity index is 1370. The predicted molar refractivity (Wildman–Crippen MR) is 158 cm³/mol. The lowest BCUT2D eigenvalue weighted by Gasteiger charge is -2.45. The molecular formula is C29H39ClFN7O2. The maximum atomic E-state index is 13.1. The molecule has 0 saturated carbocycles. The molecule has 0 atom stereocenters. The molecule has 0 radical (unpaired) electrons. The molecule has 216 valence electrons. The zero-order valence-corrected chi connectivity index (χ0v) is 25.0. The minimum atomic E-state index is -0.475. The number of nitrogens with one attached hydrogen (secondary N) is 1. The number of likely N-dealkylation sites (N-methyl/N-ethyl adjacent to an activating group) is 1. The number of nitrogens with two attached hydrogens (primary N) is 1. The molecule has 0 spiro atoms. The second kappa shape index (κ2) is 13.6. The van der Waals surface area contributed by atoms with Crippen LogP contribution in [0.2, 0.25) is 5.02 Å². The molecule has 1 aromatic carbocycles. The van der Waals surface area contributed by atoms with Crippen LogP contribution in [-0.2, 0) is 4.79 Å². The van der Waals surface area contributed by atoms with Crippen molar-refractivity contribution in [3.8, 4) is 11.3 Å². The molecule has 0 aliphatic carbocycles. The number of nitrogens with zero attached hydrogens (tertiary/aromatic N) is 5. The van der Waals surface area contributed by atoms with E-state index in [1.54, 1.807) is 23.1 Å². The summed E-state index contributed by atoms with van der Waals surface area (Å²) in [5, 5.41) is 11.2. The van der Waals surface area contributed by atoms with Crippen LogP contribution in [0.4, 0.5) is 4.39 Å². The summed E-state index contributed by atoms with van der Waals surface area (Å²) in [6.45, 7) is 15.1. The standard InChI is InChI=1S/C13H7ClFN3O.C11H20N4O.C5H12/c14-10-5-8(1-2-11(10)15)12-3-4-13-16-9(7-19)6-18(13)17-12;1-11(2)8-15(7-6-14(11)3)10(16)9(13)4-5-12;1-5(2,3)4/h1-7H;4-5,12H,6-8,13H2,1-3H3;1-4H3/b;9-4-,12-5?;. The second-order valence-corrected chi connectivity index (χ2v) is 12.1. The van der Waals surface area contributed by atoms with Crippen LogP contribution in [0, 0.1) is 16.6 Å². The smallest absolute Gasteiger partial charge is 0.269 e. The molecule has 0 unspecified atom stereocenters. The molecule has 1 fully saturated rings. The molecular weight excluding hydrogens is 533 g/mol. The van der Waals surface area contributed by atoms with Crippen molar-refractivity contribution in [3.63, 3.8) is 0 Å². The van der Waals surface area contributed by atoms with Crippen LogP contribution in [0.3, 0.4) is 0 Å². The van der Waals surface area contributed by atoms with Gasteiger partial charge in [0.2, 0.25) is 0 Å². The first kappa shape index (κ1) is 32.6. The van der Waals surface area contributed by atoms with Crippen molar-refractivity contribution in [2.75, 3.05) is 26.7 Å². The highest BCUT2D eigenvalue weighted by atomic mass is 35.5. The van der Waals surface area contributed by atoms with Crippen molar-refractivity contribution in [1.29, 1.82) is 5.41 Å². The number of hydrogen-bond acceptors (Lipinski definition) is 7. The molecule has 1 aliphatic rings. The van der Waals surface area contributed by atoms with Crippen LogP contribution in [0.5, 0.6) is 0 Å². The Labute approximate surface area is 240 Å². The van der Waals surface area contributed by atoms with Gasteiger partial charge in [0.15, 0.2) is 11.9 Å². The monoisotopic (exact) mass is 571 g/mol. The first-order valence-corrected chi connectivity index (χ1v) is 13.2. The molecule has 11 heteroatoms. The van der Waals surface area contributed by atoms with Crippen molar-refractivity contribution < 1.29 is 14.0 Å². The third kappa shape index (κ3) is 9.53. The number of allylic oxidation sites excluding steroid dienone is 1. The maximum absolute atomic E-state index is 13.1. The summed E-state index contributed by atoms with van der Waals surface area (Å²) in [5.41, 5.74) is 8.37. The van der Waals surface area contributed by atoms with E-state index in [0.717, 1.165) is 12.8 Å². The van der Waals surface area contributed by atoms with Gasteiger partial charge in [-0.25, -0.2) is 13.9 Å². The molecule has 1 amide bonds. The highest BCUT2D eigenvalue weighted by Crippen LogP contribution is 2.23. The van der Waals surface area contributed by atoms with Gasteiger partial charge in [0.05, 0.1) is 22.6 Å². The van der Waals surface area contributed by atoms with E-state index in [1.807, 2.05) is 0 Å². The average molecular weight is 572 g/mol. The number of amides is 1. The van der Waals surface area contributed by atoms with E-state index < -0.39 is 5.82 Å². The number of aldehydes is 1. The van der Waals surface area contributed by atoms with Gasteiger partial charge in [0.25, 0.3) is 5.91 Å². The fourth-order valence-corrected chi connectivity index (χ4v) is 3.70. The lowest BCUT2D eigenvalue weighted by Crippen LogP contribution is -2.59. The summed E-state index contributed by atoms with van der Waals surface area (Å²) in [6, 6.07) is 7.84. The van der Waals surface area contributed by atoms with Crippen molar-refractivity contribution in [2.24, 2.45) is 11.1 Å². The first-order chi connectivity index (χ1) is 18.6. The summed E-state index contributed by atoms with van der Waals surface area (Å²) in [5.74, 6) is -0.651. The molecule has 3 aromatic rings. The van der Waals surface area contributed by atoms with Crippen molar-refractivity contribution in [1.82, 2.24) is 24.4 Å². The van der Waals surface area contributed by atoms with Crippen LogP contribution < -0.4 is 5.73 Å². The molecule has 1 aliphatic heterocycles. The van der Waals surface area contributed by atoms with E-state index in [0.29, 0.717) is 47.4 Å². The Balaban J connectivity index is 0.000000243. The van der Waals surface area contributed by atoms with Gasteiger partial charge in [0, 0.05) is 37.0 Å². The van der Waals surface area contributed by atoms with E-state index >= 15 is 0 Å². The third-order valence-electron chi connectivity index (χ3n) is 5.79. The van der Waals surface area contributed by atoms with E-state index in [-0.39, 0.29) is 22.2 Å². The highest BCUT2D eigenvalue weighted by molar-refractivity contribution is 6.31. The molecule has 4 rings (SSSR count). The minimum Gasteiger partial charge on any atom is -0.394 e. The maximum Gasteiger partial charge on any atom is 0.269 e. The lowest BCUT2D eigenvalue weighted by atomic mass is 9.99. The number of carbonyl (C=O) groups is 2. The van der Waals surface area contributed by atoms with Crippen LogP contribution in [0.1, 0.15) is 52.0 Å². The number of rotatable bonds is 4. The van der Waals surface area contributed by atoms with Crippen LogP contribution in [0.25, 0.3) is 16.9 Å². The highest BCUT2D eigenvalue weighted by Gasteiger charge is 2.33. The van der Waals surface area contributed by atoms with Crippen LogP contribution in [0.15, 0.2) is 48.3 Å². The molecule has 9 nitrogen and oxygen atoms in total. The van der Waals surface area contributed by atoms with Gasteiger partial charge in [-0.2, -0.15) is 5.10 Å². The Hall–Kier alpha value is -3.63. The number of imidazole rings is 1. The fourth-order valence-electron chi connectivity index (χ4n) is 3.52. The quantitative estimate of drug-likeness (QED) is 0.256. The summed E-state index contributed by atoms with van der Waals surface area (Å²) in [4.78, 5) is 30.6. The Morgan fingerprint density at radius 3 is 2.38 bits per heavy atom. The number of hydrogen-bond donors (Lipinski definition) is 2. The van der Waals surface area contributed by atoms with Crippen molar-refractivity contribution >= 4 is 35.7 Å². The Morgan fingerprint density at radius 1 is 1.18 bits per heavy atom. The topological polar surface area (TPSA) is 121 Å². The van der Waals surface area contributed by atoms with E-state index in [4.69, 9.17) is 22.7 Å². The molecule has 0 bridgehead atoms. The lowest BCUT2D eigenvalue weighted by molar-refractivity contribution is -0.131. The summed E-state index contributed by atoms with van der Waals surface area (Å²) >= 11 is 5.74. The molecule has 3 heterocycles. The molecule has 3 N–H and O–H groups in total. The van der Waals surface area contributed by atoms with Crippen LogP contribution >= 0.6 is 11.6 Å². The summed E-state index contributed by atoms with van der Waals surface area (Å²) in [6.07, 6.45) is 4.54. The minimum absolute atomic E-state index is 0.0289. The number of aromatic nitrogens is 3. The van der Waals surface area contributed by atoms with Gasteiger partial charge in [-0.1, -0.05) is 39.3 Å². The van der Waals surface area contributed by atoms with Gasteiger partial charge in [0.1, 0.15) is 11.5 Å². The SMILES string of the molecule is CC(C)(C)C.CN1CCN(C(=O)/C(N)=C/C=N)CC1(C)C.O=Cc1cn2nc(-c3ccc(F)c(Cl)c3)ccc2n1. The van der Waals surface area contributed by atoms with Crippen molar-refractivity contribution in [3.05, 3.63) is 64.8 Å². The number of benzene rings is 1. The van der Waals surface area contributed by atoms with Crippen LogP contribution in [-0.4, -0.2) is 75.0 Å². The second-order valence-electron chi connectivity index (χ2n) is 11.7. The number of carbonyl (C=O) groups excluding carboxylic acids is 2. The Kier molecular flexibility index (Phi) is 11.1. The fraction of sp³-hybridized carbons (Fsp3) is 0.414. The number of fused-ring (bicyclic) bond motifs is 1. The normalized spacial score (nSPS) is 15.4. The van der Waals surface area contributed by atoms with Gasteiger partial charge >= 0.3 is 0 Å². The summed E-state index contributed by atoms with van der Waals surface area (Å²) < 4.78 is 14.6. The van der Waals surface area contributed by atoms with Crippen molar-refractivity contribution in [2.45, 2.75) is 47.1 Å². The van der Waals surface area contributed by atoms with E-state index in [1.165, 1.54) is 28.9 Å². The Morgan fingerprint density at radius 2 is 1.82 bits per heavy atom. The molecule has 1 saturated heterocycles. The van der Waals surface area contributed by atoms with Gasteiger partial charge in [-0.05, 0) is 62.7 Å².